The third kappa shape index (κ3) is 3.38. The van der Waals surface area contributed by atoms with Gasteiger partial charge in [0.05, 0.1) is 15.6 Å². The van der Waals surface area contributed by atoms with Crippen molar-refractivity contribution in [3.05, 3.63) is 61.7 Å². The van der Waals surface area contributed by atoms with Crippen molar-refractivity contribution < 1.29 is 14.4 Å². The molecule has 0 atom stereocenters. The van der Waals surface area contributed by atoms with Crippen molar-refractivity contribution in [3.63, 3.8) is 0 Å². The first-order valence-electron chi connectivity index (χ1n) is 5.80. The molecule has 0 unspecified atom stereocenters. The van der Waals surface area contributed by atoms with Crippen LogP contribution in [0.2, 0.25) is 0 Å². The van der Waals surface area contributed by atoms with Gasteiger partial charge in [-0.3, -0.25) is 10.1 Å². The topological polar surface area (TPSA) is 61.6 Å². The van der Waals surface area contributed by atoms with Gasteiger partial charge < -0.3 is 9.47 Å². The Morgan fingerprint density at radius 3 is 2.60 bits per heavy atom. The molecule has 0 aromatic heterocycles. The van der Waals surface area contributed by atoms with E-state index >= 15 is 0 Å². The van der Waals surface area contributed by atoms with Crippen LogP contribution in [-0.2, 0) is 6.61 Å². The van der Waals surface area contributed by atoms with E-state index in [0.717, 1.165) is 9.32 Å². The summed E-state index contributed by atoms with van der Waals surface area (Å²) < 4.78 is 11.9. The number of nitro benzene ring substituents is 1. The zero-order chi connectivity index (χ0) is 14.5. The predicted molar refractivity (Wildman–Crippen MR) is 83.1 cm³/mol. The van der Waals surface area contributed by atoms with Crippen LogP contribution >= 0.6 is 22.6 Å². The number of para-hydroxylation sites is 1. The second-order valence-electron chi connectivity index (χ2n) is 3.97. The highest BCUT2D eigenvalue weighted by Crippen LogP contribution is 2.27. The fraction of sp³-hybridized carbons (Fsp3) is 0.143. The second kappa shape index (κ2) is 6.56. The molecule has 0 amide bonds. The van der Waals surface area contributed by atoms with E-state index in [9.17, 15) is 10.1 Å². The molecule has 0 N–H and O–H groups in total. The Balaban J connectivity index is 2.22. The molecule has 0 aliphatic heterocycles. The molecule has 0 aliphatic carbocycles. The summed E-state index contributed by atoms with van der Waals surface area (Å²) in [4.78, 5) is 10.4. The molecular formula is C14H12INO4. The number of hydrogen-bond acceptors (Lipinski definition) is 4. The summed E-state index contributed by atoms with van der Waals surface area (Å²) in [6, 6.07) is 12.0. The number of halogens is 1. The van der Waals surface area contributed by atoms with Crippen molar-refractivity contribution in [2.24, 2.45) is 0 Å². The monoisotopic (exact) mass is 385 g/mol. The summed E-state index contributed by atoms with van der Waals surface area (Å²) in [5, 5.41) is 10.8. The van der Waals surface area contributed by atoms with Gasteiger partial charge in [-0.2, -0.15) is 0 Å². The van der Waals surface area contributed by atoms with Crippen LogP contribution in [0.1, 0.15) is 5.56 Å². The van der Waals surface area contributed by atoms with E-state index in [1.54, 1.807) is 6.07 Å². The number of methoxy groups -OCH3 is 1. The van der Waals surface area contributed by atoms with Crippen LogP contribution in [0.25, 0.3) is 0 Å². The van der Waals surface area contributed by atoms with E-state index in [-0.39, 0.29) is 12.3 Å². The first kappa shape index (κ1) is 14.6. The van der Waals surface area contributed by atoms with Crippen LogP contribution in [0.5, 0.6) is 11.5 Å². The maximum atomic E-state index is 10.8. The molecule has 0 heterocycles. The number of benzene rings is 2. The lowest BCUT2D eigenvalue weighted by Gasteiger charge is -2.11. The van der Waals surface area contributed by atoms with Crippen LogP contribution in [0.3, 0.4) is 0 Å². The first-order chi connectivity index (χ1) is 9.61. The van der Waals surface area contributed by atoms with Gasteiger partial charge in [-0.25, -0.2) is 0 Å². The first-order valence-corrected chi connectivity index (χ1v) is 6.88. The number of nitrogens with zero attached hydrogens (tertiary/aromatic N) is 1. The highest BCUT2D eigenvalue weighted by Gasteiger charge is 2.12. The summed E-state index contributed by atoms with van der Waals surface area (Å²) >= 11 is 2.17. The lowest BCUT2D eigenvalue weighted by atomic mass is 10.2. The fourth-order valence-corrected chi connectivity index (χ4v) is 2.25. The van der Waals surface area contributed by atoms with Crippen LogP contribution in [-0.4, -0.2) is 12.0 Å². The van der Waals surface area contributed by atoms with Gasteiger partial charge in [0.15, 0.2) is 0 Å². The number of non-ortho nitro benzene ring substituents is 1. The molecule has 2 aromatic carbocycles. The van der Waals surface area contributed by atoms with Crippen molar-refractivity contribution >= 4 is 28.3 Å². The minimum absolute atomic E-state index is 0.0205. The second-order valence-corrected chi connectivity index (χ2v) is 5.13. The molecule has 0 spiro atoms. The number of hydrogen-bond donors (Lipinski definition) is 0. The molecule has 0 fully saturated rings. The lowest BCUT2D eigenvalue weighted by molar-refractivity contribution is -0.385. The van der Waals surface area contributed by atoms with Gasteiger partial charge in [-0.1, -0.05) is 12.1 Å². The van der Waals surface area contributed by atoms with E-state index in [4.69, 9.17) is 9.47 Å². The molecule has 20 heavy (non-hydrogen) atoms. The number of rotatable bonds is 5. The lowest BCUT2D eigenvalue weighted by Crippen LogP contribution is -2.01. The Labute approximate surface area is 129 Å². The predicted octanol–water partition coefficient (Wildman–Crippen LogP) is 3.79. The molecule has 0 radical (unpaired) electrons. The van der Waals surface area contributed by atoms with Gasteiger partial charge in [0, 0.05) is 17.7 Å². The van der Waals surface area contributed by atoms with E-state index in [2.05, 4.69) is 22.6 Å². The van der Waals surface area contributed by atoms with E-state index in [1.165, 1.54) is 19.2 Å². The van der Waals surface area contributed by atoms with Crippen LogP contribution in [0.4, 0.5) is 5.69 Å². The Hall–Kier alpha value is -1.83. The molecular weight excluding hydrogens is 373 g/mol. The number of nitro groups is 1. The summed E-state index contributed by atoms with van der Waals surface area (Å²) in [7, 11) is 1.52. The third-order valence-electron chi connectivity index (χ3n) is 2.69. The normalized spacial score (nSPS) is 10.1. The zero-order valence-corrected chi connectivity index (χ0v) is 12.9. The average Bonchev–Trinajstić information content (AvgIpc) is 2.46. The third-order valence-corrected chi connectivity index (χ3v) is 3.59. The Morgan fingerprint density at radius 2 is 1.95 bits per heavy atom. The molecule has 104 valence electrons. The van der Waals surface area contributed by atoms with Crippen molar-refractivity contribution in [1.82, 2.24) is 0 Å². The molecule has 0 saturated carbocycles. The highest BCUT2D eigenvalue weighted by molar-refractivity contribution is 14.1. The minimum atomic E-state index is -0.435. The van der Waals surface area contributed by atoms with Crippen molar-refractivity contribution in [1.29, 1.82) is 0 Å². The molecule has 6 heteroatoms. The molecule has 5 nitrogen and oxygen atoms in total. The summed E-state index contributed by atoms with van der Waals surface area (Å²) in [5.41, 5.74) is 0.661. The zero-order valence-electron chi connectivity index (χ0n) is 10.7. The Bertz CT molecular complexity index is 630. The van der Waals surface area contributed by atoms with Crippen molar-refractivity contribution in [3.8, 4) is 11.5 Å². The maximum Gasteiger partial charge on any atom is 0.270 e. The SMILES string of the molecule is COc1ccc([N+](=O)[O-])cc1COc1ccccc1I. The number of ether oxygens (including phenoxy) is 2. The van der Waals surface area contributed by atoms with Gasteiger partial charge in [0.2, 0.25) is 0 Å². The fourth-order valence-electron chi connectivity index (χ4n) is 1.71. The van der Waals surface area contributed by atoms with Crippen molar-refractivity contribution in [2.45, 2.75) is 6.61 Å². The standard InChI is InChI=1S/C14H12INO4/c1-19-13-7-6-11(16(17)18)8-10(13)9-20-14-5-3-2-4-12(14)15/h2-8H,9H2,1H3. The van der Waals surface area contributed by atoms with Crippen LogP contribution < -0.4 is 9.47 Å². The van der Waals surface area contributed by atoms with Gasteiger partial charge in [0.1, 0.15) is 18.1 Å². The van der Waals surface area contributed by atoms with Crippen LogP contribution in [0, 0.1) is 13.7 Å². The molecule has 0 saturated heterocycles. The quantitative estimate of drug-likeness (QED) is 0.447. The van der Waals surface area contributed by atoms with E-state index in [0.29, 0.717) is 11.3 Å². The Kier molecular flexibility index (Phi) is 4.78. The summed E-state index contributed by atoms with van der Waals surface area (Å²) in [6.45, 7) is 0.213. The van der Waals surface area contributed by atoms with Gasteiger partial charge in [0.25, 0.3) is 5.69 Å². The van der Waals surface area contributed by atoms with Gasteiger partial charge in [-0.15, -0.1) is 0 Å². The maximum absolute atomic E-state index is 10.8. The van der Waals surface area contributed by atoms with E-state index in [1.807, 2.05) is 24.3 Å². The average molecular weight is 385 g/mol. The molecule has 0 aliphatic rings. The van der Waals surface area contributed by atoms with Gasteiger partial charge in [-0.05, 0) is 40.8 Å². The van der Waals surface area contributed by atoms with E-state index < -0.39 is 4.92 Å². The van der Waals surface area contributed by atoms with Crippen molar-refractivity contribution in [2.75, 3.05) is 7.11 Å². The highest BCUT2D eigenvalue weighted by atomic mass is 127. The molecule has 2 rings (SSSR count). The molecule has 2 aromatic rings. The largest absolute Gasteiger partial charge is 0.496 e. The van der Waals surface area contributed by atoms with Crippen LogP contribution in [0.15, 0.2) is 42.5 Å². The summed E-state index contributed by atoms with van der Waals surface area (Å²) in [5.74, 6) is 1.31. The van der Waals surface area contributed by atoms with Gasteiger partial charge >= 0.3 is 0 Å². The smallest absolute Gasteiger partial charge is 0.270 e. The minimum Gasteiger partial charge on any atom is -0.496 e. The molecule has 0 bridgehead atoms. The summed E-state index contributed by atoms with van der Waals surface area (Å²) in [6.07, 6.45) is 0. The Morgan fingerprint density at radius 1 is 1.20 bits per heavy atom.